The third kappa shape index (κ3) is 2.96. The van der Waals surface area contributed by atoms with E-state index in [1.807, 2.05) is 6.07 Å². The quantitative estimate of drug-likeness (QED) is 0.745. The molecule has 3 rings (SSSR count). The van der Waals surface area contributed by atoms with Gasteiger partial charge in [-0.05, 0) is 25.7 Å². The van der Waals surface area contributed by atoms with Crippen molar-refractivity contribution in [3.05, 3.63) is 11.8 Å². The van der Waals surface area contributed by atoms with E-state index in [0.717, 1.165) is 50.3 Å². The molecule has 1 aromatic rings. The summed E-state index contributed by atoms with van der Waals surface area (Å²) in [6.45, 7) is 1.64. The molecule has 1 saturated carbocycles. The number of anilines is 2. The van der Waals surface area contributed by atoms with Gasteiger partial charge in [0, 0.05) is 31.2 Å². The third-order valence-corrected chi connectivity index (χ3v) is 3.89. The maximum atomic E-state index is 5.82. The van der Waals surface area contributed by atoms with Gasteiger partial charge >= 0.3 is 0 Å². The van der Waals surface area contributed by atoms with Gasteiger partial charge in [-0.25, -0.2) is 4.98 Å². The van der Waals surface area contributed by atoms with E-state index >= 15 is 0 Å². The van der Waals surface area contributed by atoms with Gasteiger partial charge in [0.1, 0.15) is 5.82 Å². The van der Waals surface area contributed by atoms with Gasteiger partial charge in [-0.15, -0.1) is 0 Å². The average Bonchev–Trinajstić information content (AvgIpc) is 2.85. The summed E-state index contributed by atoms with van der Waals surface area (Å²) in [6, 6.07) is 2.30. The number of hydrogen-bond donors (Lipinski definition) is 3. The van der Waals surface area contributed by atoms with Crippen molar-refractivity contribution >= 4 is 11.8 Å². The molecule has 6 nitrogen and oxygen atoms in total. The minimum absolute atomic E-state index is 0.289. The summed E-state index contributed by atoms with van der Waals surface area (Å²) in [7, 11) is 0. The lowest BCUT2D eigenvalue weighted by Crippen LogP contribution is -2.35. The van der Waals surface area contributed by atoms with Crippen LogP contribution in [0.15, 0.2) is 6.07 Å². The minimum atomic E-state index is 0.289. The van der Waals surface area contributed by atoms with E-state index in [1.54, 1.807) is 0 Å². The van der Waals surface area contributed by atoms with Crippen LogP contribution in [0.4, 0.5) is 11.8 Å². The monoisotopic (exact) mass is 263 g/mol. The van der Waals surface area contributed by atoms with Crippen molar-refractivity contribution in [3.8, 4) is 0 Å². The highest BCUT2D eigenvalue weighted by Crippen LogP contribution is 2.35. The van der Waals surface area contributed by atoms with Crippen LogP contribution in [0.1, 0.15) is 37.3 Å². The summed E-state index contributed by atoms with van der Waals surface area (Å²) in [5, 5.41) is 3.29. The topological polar surface area (TPSA) is 99.1 Å². The highest BCUT2D eigenvalue weighted by Gasteiger charge is 2.29. The van der Waals surface area contributed by atoms with Crippen LogP contribution in [-0.2, 0) is 4.74 Å². The number of nitrogens with zero attached hydrogens (tertiary/aromatic N) is 2. The van der Waals surface area contributed by atoms with Crippen molar-refractivity contribution in [1.29, 1.82) is 0 Å². The summed E-state index contributed by atoms with van der Waals surface area (Å²) < 4.78 is 5.58. The number of hydrogen-bond acceptors (Lipinski definition) is 6. The standard InChI is InChI=1S/C13H21N5O/c14-9-4-8(5-9)11-6-12(18-13(15)17-11)16-7-10-2-1-3-19-10/h6,8-10H,1-5,7,14H2,(H3,15,16,17,18)/t8?,9?,10-/m0/s1. The Kier molecular flexibility index (Phi) is 3.52. The van der Waals surface area contributed by atoms with Crippen LogP contribution in [-0.4, -0.2) is 35.3 Å². The Labute approximate surface area is 112 Å². The predicted octanol–water partition coefficient (Wildman–Crippen LogP) is 0.854. The SMILES string of the molecule is Nc1nc(NC[C@@H]2CCCO2)cc(C2CC(N)C2)n1. The van der Waals surface area contributed by atoms with Gasteiger partial charge in [-0.3, -0.25) is 0 Å². The van der Waals surface area contributed by atoms with E-state index in [1.165, 1.54) is 0 Å². The number of nitrogen functional groups attached to an aromatic ring is 1. The maximum absolute atomic E-state index is 5.82. The molecule has 2 fully saturated rings. The van der Waals surface area contributed by atoms with Gasteiger partial charge in [0.25, 0.3) is 0 Å². The van der Waals surface area contributed by atoms with Gasteiger partial charge in [-0.2, -0.15) is 4.98 Å². The third-order valence-electron chi connectivity index (χ3n) is 3.89. The van der Waals surface area contributed by atoms with Gasteiger partial charge < -0.3 is 21.5 Å². The zero-order valence-electron chi connectivity index (χ0n) is 11.0. The fourth-order valence-corrected chi connectivity index (χ4v) is 2.71. The smallest absolute Gasteiger partial charge is 0.222 e. The van der Waals surface area contributed by atoms with Crippen LogP contribution >= 0.6 is 0 Å². The number of nitrogens with one attached hydrogen (secondary N) is 1. The summed E-state index contributed by atoms with van der Waals surface area (Å²) in [5.74, 6) is 1.55. The average molecular weight is 263 g/mol. The number of nitrogens with two attached hydrogens (primary N) is 2. The van der Waals surface area contributed by atoms with Crippen molar-refractivity contribution in [2.45, 2.75) is 43.7 Å². The van der Waals surface area contributed by atoms with E-state index in [2.05, 4.69) is 15.3 Å². The lowest BCUT2D eigenvalue weighted by Gasteiger charge is -2.32. The van der Waals surface area contributed by atoms with Crippen LogP contribution < -0.4 is 16.8 Å². The van der Waals surface area contributed by atoms with E-state index in [4.69, 9.17) is 16.2 Å². The molecule has 2 aliphatic rings. The lowest BCUT2D eigenvalue weighted by molar-refractivity contribution is 0.120. The molecule has 0 bridgehead atoms. The Morgan fingerprint density at radius 1 is 1.37 bits per heavy atom. The molecule has 0 aromatic carbocycles. The Balaban J connectivity index is 1.63. The van der Waals surface area contributed by atoms with Crippen molar-refractivity contribution in [2.24, 2.45) is 5.73 Å². The van der Waals surface area contributed by atoms with Crippen molar-refractivity contribution < 1.29 is 4.74 Å². The molecule has 1 aromatic heterocycles. The van der Waals surface area contributed by atoms with E-state index in [-0.39, 0.29) is 6.10 Å². The molecule has 1 aliphatic carbocycles. The van der Waals surface area contributed by atoms with Crippen LogP contribution in [0.3, 0.4) is 0 Å². The first-order chi connectivity index (χ1) is 9.20. The summed E-state index contributed by atoms with van der Waals surface area (Å²) in [6.07, 6.45) is 4.52. The number of rotatable bonds is 4. The zero-order valence-corrected chi connectivity index (χ0v) is 11.0. The largest absolute Gasteiger partial charge is 0.376 e. The molecule has 2 heterocycles. The number of aromatic nitrogens is 2. The molecular formula is C13H21N5O. The molecule has 0 amide bonds. The molecule has 6 heteroatoms. The molecule has 0 spiro atoms. The van der Waals surface area contributed by atoms with Crippen molar-refractivity contribution in [1.82, 2.24) is 9.97 Å². The Hall–Kier alpha value is -1.40. The second-order valence-electron chi connectivity index (χ2n) is 5.48. The normalized spacial score (nSPS) is 30.1. The lowest BCUT2D eigenvalue weighted by atomic mass is 9.78. The number of ether oxygens (including phenoxy) is 1. The van der Waals surface area contributed by atoms with Crippen molar-refractivity contribution in [2.75, 3.05) is 24.2 Å². The van der Waals surface area contributed by atoms with Crippen LogP contribution in [0.2, 0.25) is 0 Å². The van der Waals surface area contributed by atoms with Crippen LogP contribution in [0.5, 0.6) is 0 Å². The van der Waals surface area contributed by atoms with E-state index in [0.29, 0.717) is 17.9 Å². The van der Waals surface area contributed by atoms with Crippen molar-refractivity contribution in [3.63, 3.8) is 0 Å². The second kappa shape index (κ2) is 5.30. The Morgan fingerprint density at radius 2 is 2.21 bits per heavy atom. The molecule has 1 atom stereocenters. The minimum Gasteiger partial charge on any atom is -0.376 e. The first kappa shape index (κ1) is 12.6. The Bertz CT molecular complexity index is 441. The summed E-state index contributed by atoms with van der Waals surface area (Å²) >= 11 is 0. The van der Waals surface area contributed by atoms with Crippen LogP contribution in [0.25, 0.3) is 0 Å². The summed E-state index contributed by atoms with van der Waals surface area (Å²) in [5.41, 5.74) is 12.6. The highest BCUT2D eigenvalue weighted by molar-refractivity contribution is 5.42. The fraction of sp³-hybridized carbons (Fsp3) is 0.692. The molecule has 0 unspecified atom stereocenters. The van der Waals surface area contributed by atoms with Crippen LogP contribution in [0, 0.1) is 0 Å². The van der Waals surface area contributed by atoms with Gasteiger partial charge in [0.05, 0.1) is 11.8 Å². The molecule has 19 heavy (non-hydrogen) atoms. The second-order valence-corrected chi connectivity index (χ2v) is 5.48. The fourth-order valence-electron chi connectivity index (χ4n) is 2.71. The maximum Gasteiger partial charge on any atom is 0.222 e. The molecular weight excluding hydrogens is 242 g/mol. The molecule has 104 valence electrons. The highest BCUT2D eigenvalue weighted by atomic mass is 16.5. The first-order valence-corrected chi connectivity index (χ1v) is 6.96. The molecule has 1 saturated heterocycles. The van der Waals surface area contributed by atoms with E-state index in [9.17, 15) is 0 Å². The Morgan fingerprint density at radius 3 is 2.89 bits per heavy atom. The zero-order chi connectivity index (χ0) is 13.2. The molecule has 1 aliphatic heterocycles. The first-order valence-electron chi connectivity index (χ1n) is 6.96. The summed E-state index contributed by atoms with van der Waals surface area (Å²) in [4.78, 5) is 8.53. The van der Waals surface area contributed by atoms with Gasteiger partial charge in [0.2, 0.25) is 5.95 Å². The molecule has 5 N–H and O–H groups in total. The molecule has 0 radical (unpaired) electrons. The van der Waals surface area contributed by atoms with Gasteiger partial charge in [-0.1, -0.05) is 0 Å². The van der Waals surface area contributed by atoms with E-state index < -0.39 is 0 Å². The van der Waals surface area contributed by atoms with Gasteiger partial charge in [0.15, 0.2) is 0 Å². The predicted molar refractivity (Wildman–Crippen MR) is 73.9 cm³/mol.